The molecule has 7 nitrogen and oxygen atoms in total. The number of fused-ring (bicyclic) bond motifs is 2. The van der Waals surface area contributed by atoms with Gasteiger partial charge in [0.2, 0.25) is 0 Å². The Labute approximate surface area is 210 Å². The van der Waals surface area contributed by atoms with E-state index in [2.05, 4.69) is 25.2 Å². The lowest BCUT2D eigenvalue weighted by Crippen LogP contribution is -2.48. The molecule has 2 N–H and O–H groups in total. The van der Waals surface area contributed by atoms with Gasteiger partial charge in [-0.05, 0) is 30.5 Å². The van der Waals surface area contributed by atoms with Gasteiger partial charge in [-0.2, -0.15) is 13.2 Å². The second-order valence-corrected chi connectivity index (χ2v) is 9.91. The highest BCUT2D eigenvalue weighted by molar-refractivity contribution is 6.03. The molecule has 2 fully saturated rings. The Hall–Kier alpha value is -3.79. The van der Waals surface area contributed by atoms with E-state index < -0.39 is 11.6 Å². The zero-order valence-electron chi connectivity index (χ0n) is 19.9. The Kier molecular flexibility index (Phi) is 4.91. The third-order valence-electron chi connectivity index (χ3n) is 7.90. The summed E-state index contributed by atoms with van der Waals surface area (Å²) in [5.74, 6) is 1.26. The van der Waals surface area contributed by atoms with Gasteiger partial charge < -0.3 is 15.2 Å². The number of halogens is 3. The Balaban J connectivity index is 1.43. The summed E-state index contributed by atoms with van der Waals surface area (Å²) in [6.07, 6.45) is 7.61. The number of H-pyrrole nitrogens is 1. The molecule has 7 rings (SSSR count). The van der Waals surface area contributed by atoms with E-state index in [-0.39, 0.29) is 18.5 Å². The first-order chi connectivity index (χ1) is 17.9. The lowest BCUT2D eigenvalue weighted by Gasteiger charge is -2.42. The predicted octanol–water partition coefficient (Wildman–Crippen LogP) is 4.91. The van der Waals surface area contributed by atoms with E-state index in [0.717, 1.165) is 48.5 Å². The number of allylic oxidation sites excluding steroid dienone is 4. The van der Waals surface area contributed by atoms with Crippen molar-refractivity contribution in [3.8, 4) is 11.4 Å². The van der Waals surface area contributed by atoms with Crippen LogP contribution in [0.4, 0.5) is 19.0 Å². The molecule has 4 aromatic rings. The van der Waals surface area contributed by atoms with Crippen molar-refractivity contribution in [2.24, 2.45) is 0 Å². The molecular weight excluding hydrogens is 479 g/mol. The number of anilines is 1. The van der Waals surface area contributed by atoms with Crippen molar-refractivity contribution in [1.82, 2.24) is 30.2 Å². The van der Waals surface area contributed by atoms with Crippen molar-refractivity contribution in [2.75, 3.05) is 31.1 Å². The van der Waals surface area contributed by atoms with E-state index in [1.54, 1.807) is 24.5 Å². The molecular formula is C27H24F3N7. The highest BCUT2D eigenvalue weighted by Gasteiger charge is 2.60. The van der Waals surface area contributed by atoms with Crippen LogP contribution in [0.15, 0.2) is 49.0 Å². The van der Waals surface area contributed by atoms with Crippen molar-refractivity contribution in [3.05, 3.63) is 60.2 Å². The molecule has 0 radical (unpaired) electrons. The fourth-order valence-corrected chi connectivity index (χ4v) is 5.60. The van der Waals surface area contributed by atoms with Crippen molar-refractivity contribution in [2.45, 2.75) is 30.9 Å². The van der Waals surface area contributed by atoms with Gasteiger partial charge in [0.1, 0.15) is 16.9 Å². The van der Waals surface area contributed by atoms with Gasteiger partial charge in [-0.15, -0.1) is 0 Å². The minimum absolute atomic E-state index is 0.0804. The first-order valence-electron chi connectivity index (χ1n) is 12.5. The van der Waals surface area contributed by atoms with E-state index >= 15 is 0 Å². The summed E-state index contributed by atoms with van der Waals surface area (Å²) >= 11 is 0. The summed E-state index contributed by atoms with van der Waals surface area (Å²) in [5, 5.41) is 4.90. The summed E-state index contributed by atoms with van der Waals surface area (Å²) in [7, 11) is 0. The number of nitrogens with one attached hydrogen (secondary N) is 2. The second kappa shape index (κ2) is 8.11. The van der Waals surface area contributed by atoms with Crippen LogP contribution >= 0.6 is 0 Å². The molecule has 0 aromatic carbocycles. The van der Waals surface area contributed by atoms with Crippen LogP contribution in [0.25, 0.3) is 38.9 Å². The summed E-state index contributed by atoms with van der Waals surface area (Å²) in [4.78, 5) is 23.9. The quantitative estimate of drug-likeness (QED) is 0.412. The average Bonchev–Trinajstić information content (AvgIpc) is 3.25. The SMILES string of the molecule is FC(F)(F)C1(c2cc3c(-c4nc(N5CCNCC5)c5c(C6=CC=C6)cncc5n4)ccnc3[nH]2)CCC1. The largest absolute Gasteiger partial charge is 0.399 e. The maximum absolute atomic E-state index is 14.1. The monoisotopic (exact) mass is 503 g/mol. The maximum Gasteiger partial charge on any atom is 0.399 e. The van der Waals surface area contributed by atoms with Gasteiger partial charge in [0.05, 0.1) is 17.1 Å². The molecule has 0 bridgehead atoms. The fourth-order valence-electron chi connectivity index (χ4n) is 5.60. The predicted molar refractivity (Wildman–Crippen MR) is 136 cm³/mol. The molecule has 188 valence electrons. The maximum atomic E-state index is 14.1. The van der Waals surface area contributed by atoms with E-state index in [1.807, 2.05) is 24.4 Å². The number of aromatic amines is 1. The Bertz CT molecular complexity index is 1590. The molecule has 0 unspecified atom stereocenters. The van der Waals surface area contributed by atoms with Crippen LogP contribution in [0.1, 0.15) is 30.5 Å². The molecule has 1 saturated heterocycles. The zero-order valence-corrected chi connectivity index (χ0v) is 19.9. The van der Waals surface area contributed by atoms with Crippen molar-refractivity contribution in [3.63, 3.8) is 0 Å². The first kappa shape index (κ1) is 22.4. The standard InChI is InChI=1S/C27H24F3N7/c28-27(29,30)26(6-2-7-26)21-13-18-17(5-8-33-23(18)35-21)24-34-20-15-32-14-19(16-3-1-4-16)22(20)25(36-24)37-11-9-31-10-12-37/h1,3-5,8,13-15,31H,2,6-7,9-12H2,(H,33,35). The van der Waals surface area contributed by atoms with Crippen LogP contribution in [0, 0.1) is 0 Å². The van der Waals surface area contributed by atoms with Crippen molar-refractivity contribution >= 4 is 33.3 Å². The molecule has 1 saturated carbocycles. The first-order valence-corrected chi connectivity index (χ1v) is 12.5. The topological polar surface area (TPSA) is 82.6 Å². The van der Waals surface area contributed by atoms with Crippen molar-refractivity contribution < 1.29 is 13.2 Å². The lowest BCUT2D eigenvalue weighted by atomic mass is 9.66. The number of rotatable bonds is 4. The molecule has 3 aliphatic rings. The Morgan fingerprint density at radius 2 is 1.84 bits per heavy atom. The van der Waals surface area contributed by atoms with E-state index in [0.29, 0.717) is 34.4 Å². The smallest absolute Gasteiger partial charge is 0.353 e. The molecule has 2 aliphatic carbocycles. The number of piperazine rings is 1. The number of aromatic nitrogens is 5. The van der Waals surface area contributed by atoms with E-state index in [4.69, 9.17) is 9.97 Å². The van der Waals surface area contributed by atoms with Gasteiger partial charge >= 0.3 is 6.18 Å². The molecule has 5 heterocycles. The second-order valence-electron chi connectivity index (χ2n) is 9.91. The molecule has 4 aromatic heterocycles. The summed E-state index contributed by atoms with van der Waals surface area (Å²) < 4.78 is 42.2. The molecule has 10 heteroatoms. The zero-order chi connectivity index (χ0) is 25.2. The lowest BCUT2D eigenvalue weighted by molar-refractivity contribution is -0.213. The summed E-state index contributed by atoms with van der Waals surface area (Å²) in [6, 6.07) is 3.37. The average molecular weight is 504 g/mol. The highest BCUT2D eigenvalue weighted by Crippen LogP contribution is 2.54. The molecule has 0 spiro atoms. The Morgan fingerprint density at radius 1 is 1.03 bits per heavy atom. The third kappa shape index (κ3) is 3.38. The van der Waals surface area contributed by atoms with E-state index in [9.17, 15) is 13.2 Å². The number of hydrogen-bond donors (Lipinski definition) is 2. The van der Waals surface area contributed by atoms with Crippen LogP contribution in [0.2, 0.25) is 0 Å². The van der Waals surface area contributed by atoms with Gasteiger partial charge in [-0.3, -0.25) is 4.98 Å². The van der Waals surface area contributed by atoms with Crippen LogP contribution < -0.4 is 10.2 Å². The summed E-state index contributed by atoms with van der Waals surface area (Å²) in [6.45, 7) is 3.25. The van der Waals surface area contributed by atoms with Crippen LogP contribution in [0.3, 0.4) is 0 Å². The van der Waals surface area contributed by atoms with E-state index in [1.165, 1.54) is 0 Å². The van der Waals surface area contributed by atoms with Gasteiger partial charge in [0.25, 0.3) is 0 Å². The van der Waals surface area contributed by atoms with Gasteiger partial charge in [0.15, 0.2) is 5.82 Å². The third-order valence-corrected chi connectivity index (χ3v) is 7.90. The number of nitrogens with zero attached hydrogens (tertiary/aromatic N) is 5. The normalized spacial score (nSPS) is 19.1. The van der Waals surface area contributed by atoms with Crippen LogP contribution in [0.5, 0.6) is 0 Å². The van der Waals surface area contributed by atoms with Crippen molar-refractivity contribution in [1.29, 1.82) is 0 Å². The van der Waals surface area contributed by atoms with Gasteiger partial charge in [-0.1, -0.05) is 24.6 Å². The van der Waals surface area contributed by atoms with Gasteiger partial charge in [0, 0.05) is 60.8 Å². The Morgan fingerprint density at radius 3 is 2.51 bits per heavy atom. The number of alkyl halides is 3. The highest BCUT2D eigenvalue weighted by atomic mass is 19.4. The van der Waals surface area contributed by atoms with Gasteiger partial charge in [-0.25, -0.2) is 15.0 Å². The number of hydrogen-bond acceptors (Lipinski definition) is 6. The minimum Gasteiger partial charge on any atom is -0.353 e. The van der Waals surface area contributed by atoms with Crippen LogP contribution in [-0.2, 0) is 5.41 Å². The minimum atomic E-state index is -4.33. The fraction of sp³-hybridized carbons (Fsp3) is 0.333. The number of pyridine rings is 2. The molecule has 37 heavy (non-hydrogen) atoms. The molecule has 1 aliphatic heterocycles. The van der Waals surface area contributed by atoms with Crippen LogP contribution in [-0.4, -0.2) is 57.3 Å². The molecule has 0 amide bonds. The summed E-state index contributed by atoms with van der Waals surface area (Å²) in [5.41, 5.74) is 2.12. The molecule has 0 atom stereocenters.